The Bertz CT molecular complexity index is 999. The van der Waals surface area contributed by atoms with E-state index in [1.807, 2.05) is 63.2 Å². The predicted octanol–water partition coefficient (Wildman–Crippen LogP) is 6.63. The molecule has 2 heterocycles. The third-order valence-electron chi connectivity index (χ3n) is 6.63. The van der Waals surface area contributed by atoms with Crippen molar-refractivity contribution < 1.29 is 19.1 Å². The van der Waals surface area contributed by atoms with Crippen molar-refractivity contribution in [2.45, 2.75) is 90.0 Å². The van der Waals surface area contributed by atoms with Crippen LogP contribution >= 0.6 is 0 Å². The molecule has 2 aromatic rings. The second-order valence-electron chi connectivity index (χ2n) is 10.5. The summed E-state index contributed by atoms with van der Waals surface area (Å²) in [6, 6.07) is 13.4. The molecule has 7 heteroatoms. The molecule has 2 amide bonds. The highest BCUT2D eigenvalue weighted by Gasteiger charge is 2.38. The maximum atomic E-state index is 13.5. The van der Waals surface area contributed by atoms with Crippen LogP contribution in [-0.4, -0.2) is 40.3 Å². The summed E-state index contributed by atoms with van der Waals surface area (Å²) in [6.07, 6.45) is 7.84. The standard InChI is InChI=1S/C28H37N3O4/c1-28(2,3)35-27(33)31(22-14-8-5-9-15-22)25-23(16-10-18-29-25)24-17-11-19-30(24)26(32)34-20-21-12-6-4-7-13-21/h4,6-7,10,12-13,16,18,22,24H,5,8-9,11,14-15,17,19-20H2,1-3H3. The quantitative estimate of drug-likeness (QED) is 0.481. The van der Waals surface area contributed by atoms with Crippen LogP contribution in [0.3, 0.4) is 0 Å². The van der Waals surface area contributed by atoms with Gasteiger partial charge in [0.15, 0.2) is 0 Å². The zero-order chi connectivity index (χ0) is 24.8. The van der Waals surface area contributed by atoms with Crippen LogP contribution in [0.1, 0.15) is 82.9 Å². The van der Waals surface area contributed by atoms with Gasteiger partial charge in [-0.1, -0.05) is 55.7 Å². The maximum absolute atomic E-state index is 13.5. The Hall–Kier alpha value is -3.09. The second kappa shape index (κ2) is 11.1. The Morgan fingerprint density at radius 3 is 2.46 bits per heavy atom. The van der Waals surface area contributed by atoms with E-state index in [4.69, 9.17) is 9.47 Å². The van der Waals surface area contributed by atoms with Crippen LogP contribution < -0.4 is 4.90 Å². The number of anilines is 1. The van der Waals surface area contributed by atoms with Gasteiger partial charge in [0.25, 0.3) is 0 Å². The Kier molecular flexibility index (Phi) is 7.93. The number of ether oxygens (including phenoxy) is 2. The summed E-state index contributed by atoms with van der Waals surface area (Å²) in [7, 11) is 0. The summed E-state index contributed by atoms with van der Waals surface area (Å²) < 4.78 is 11.5. The molecule has 2 fully saturated rings. The van der Waals surface area contributed by atoms with Crippen molar-refractivity contribution in [1.29, 1.82) is 0 Å². The minimum absolute atomic E-state index is 0.0344. The first kappa shape index (κ1) is 25.0. The average molecular weight is 480 g/mol. The van der Waals surface area contributed by atoms with Crippen molar-refractivity contribution in [1.82, 2.24) is 9.88 Å². The number of pyridine rings is 1. The lowest BCUT2D eigenvalue weighted by Gasteiger charge is -2.37. The number of carbonyl (C=O) groups is 2. The van der Waals surface area contributed by atoms with E-state index in [0.29, 0.717) is 12.4 Å². The van der Waals surface area contributed by atoms with Gasteiger partial charge in [0.1, 0.15) is 18.0 Å². The molecule has 35 heavy (non-hydrogen) atoms. The van der Waals surface area contributed by atoms with Gasteiger partial charge >= 0.3 is 12.2 Å². The fourth-order valence-corrected chi connectivity index (χ4v) is 5.04. The number of hydrogen-bond acceptors (Lipinski definition) is 5. The summed E-state index contributed by atoms with van der Waals surface area (Å²) in [5.74, 6) is 0.599. The van der Waals surface area contributed by atoms with E-state index in [9.17, 15) is 9.59 Å². The first-order valence-electron chi connectivity index (χ1n) is 12.8. The number of nitrogens with zero attached hydrogens (tertiary/aromatic N) is 3. The molecule has 4 rings (SSSR count). The van der Waals surface area contributed by atoms with E-state index in [0.717, 1.165) is 49.7 Å². The molecule has 0 spiro atoms. The fraction of sp³-hybridized carbons (Fsp3) is 0.536. The van der Waals surface area contributed by atoms with Crippen LogP contribution in [0.25, 0.3) is 0 Å². The monoisotopic (exact) mass is 479 g/mol. The number of likely N-dealkylation sites (tertiary alicyclic amines) is 1. The molecule has 2 aliphatic rings. The molecule has 0 radical (unpaired) electrons. The van der Waals surface area contributed by atoms with Crippen molar-refractivity contribution in [2.75, 3.05) is 11.4 Å². The van der Waals surface area contributed by atoms with Crippen LogP contribution in [0.5, 0.6) is 0 Å². The molecule has 0 bridgehead atoms. The third-order valence-corrected chi connectivity index (χ3v) is 6.63. The maximum Gasteiger partial charge on any atom is 0.416 e. The Morgan fingerprint density at radius 1 is 1.00 bits per heavy atom. The molecule has 188 valence electrons. The molecule has 1 aliphatic heterocycles. The predicted molar refractivity (Wildman–Crippen MR) is 135 cm³/mol. The highest BCUT2D eigenvalue weighted by molar-refractivity contribution is 5.88. The zero-order valence-corrected chi connectivity index (χ0v) is 21.1. The Balaban J connectivity index is 1.60. The normalized spacial score (nSPS) is 18.8. The fourth-order valence-electron chi connectivity index (χ4n) is 5.04. The van der Waals surface area contributed by atoms with Gasteiger partial charge in [0.05, 0.1) is 6.04 Å². The van der Waals surface area contributed by atoms with E-state index < -0.39 is 5.60 Å². The van der Waals surface area contributed by atoms with Crippen LogP contribution in [0.15, 0.2) is 48.7 Å². The smallest absolute Gasteiger partial charge is 0.416 e. The van der Waals surface area contributed by atoms with Crippen molar-refractivity contribution in [2.24, 2.45) is 0 Å². The number of rotatable bonds is 5. The van der Waals surface area contributed by atoms with E-state index in [2.05, 4.69) is 4.98 Å². The van der Waals surface area contributed by atoms with Crippen LogP contribution in [-0.2, 0) is 16.1 Å². The number of carbonyl (C=O) groups excluding carboxylic acids is 2. The molecule has 0 N–H and O–H groups in total. The summed E-state index contributed by atoms with van der Waals surface area (Å²) in [6.45, 7) is 6.48. The van der Waals surface area contributed by atoms with E-state index in [1.165, 1.54) is 6.42 Å². The number of aromatic nitrogens is 1. The second-order valence-corrected chi connectivity index (χ2v) is 10.5. The minimum Gasteiger partial charge on any atom is -0.445 e. The summed E-state index contributed by atoms with van der Waals surface area (Å²) >= 11 is 0. The lowest BCUT2D eigenvalue weighted by molar-refractivity contribution is 0.0556. The molecule has 1 aliphatic carbocycles. The number of benzene rings is 1. The van der Waals surface area contributed by atoms with E-state index >= 15 is 0 Å². The summed E-state index contributed by atoms with van der Waals surface area (Å²) in [5, 5.41) is 0. The van der Waals surface area contributed by atoms with E-state index in [1.54, 1.807) is 16.0 Å². The largest absolute Gasteiger partial charge is 0.445 e. The van der Waals surface area contributed by atoms with Gasteiger partial charge in [-0.15, -0.1) is 0 Å². The highest BCUT2D eigenvalue weighted by Crippen LogP contribution is 2.39. The minimum atomic E-state index is -0.612. The lowest BCUT2D eigenvalue weighted by Crippen LogP contribution is -2.46. The van der Waals surface area contributed by atoms with Crippen molar-refractivity contribution in [3.8, 4) is 0 Å². The van der Waals surface area contributed by atoms with Gasteiger partial charge in [0, 0.05) is 24.3 Å². The van der Waals surface area contributed by atoms with Crippen LogP contribution in [0.2, 0.25) is 0 Å². The first-order valence-corrected chi connectivity index (χ1v) is 12.8. The molecular weight excluding hydrogens is 442 g/mol. The van der Waals surface area contributed by atoms with Gasteiger partial charge in [-0.05, 0) is 58.1 Å². The molecule has 1 atom stereocenters. The molecular formula is C28H37N3O4. The lowest BCUT2D eigenvalue weighted by atomic mass is 9.93. The summed E-state index contributed by atoms with van der Waals surface area (Å²) in [5.41, 5.74) is 1.21. The molecule has 7 nitrogen and oxygen atoms in total. The molecule has 1 saturated heterocycles. The van der Waals surface area contributed by atoms with Crippen LogP contribution in [0.4, 0.5) is 15.4 Å². The Labute approximate surface area is 208 Å². The number of amides is 2. The third kappa shape index (κ3) is 6.32. The van der Waals surface area contributed by atoms with Crippen molar-refractivity contribution >= 4 is 18.0 Å². The zero-order valence-electron chi connectivity index (χ0n) is 21.1. The van der Waals surface area contributed by atoms with Gasteiger partial charge < -0.3 is 14.4 Å². The number of hydrogen-bond donors (Lipinski definition) is 0. The van der Waals surface area contributed by atoms with Gasteiger partial charge in [-0.3, -0.25) is 4.90 Å². The van der Waals surface area contributed by atoms with E-state index in [-0.39, 0.29) is 30.9 Å². The molecule has 1 unspecified atom stereocenters. The molecule has 1 saturated carbocycles. The van der Waals surface area contributed by atoms with Gasteiger partial charge in [0.2, 0.25) is 0 Å². The SMILES string of the molecule is CC(C)(C)OC(=O)N(c1ncccc1C1CCCN1C(=O)OCc1ccccc1)C1CCCCC1. The van der Waals surface area contributed by atoms with Crippen LogP contribution in [0, 0.1) is 0 Å². The average Bonchev–Trinajstić information content (AvgIpc) is 3.33. The van der Waals surface area contributed by atoms with Crippen molar-refractivity contribution in [3.05, 3.63) is 59.8 Å². The first-order chi connectivity index (χ1) is 16.8. The molecule has 1 aromatic carbocycles. The van der Waals surface area contributed by atoms with Gasteiger partial charge in [-0.25, -0.2) is 14.6 Å². The molecule has 1 aromatic heterocycles. The summed E-state index contributed by atoms with van der Waals surface area (Å²) in [4.78, 5) is 34.8. The Morgan fingerprint density at radius 2 is 1.74 bits per heavy atom. The topological polar surface area (TPSA) is 72.0 Å². The van der Waals surface area contributed by atoms with Crippen molar-refractivity contribution in [3.63, 3.8) is 0 Å². The highest BCUT2D eigenvalue weighted by atomic mass is 16.6. The van der Waals surface area contributed by atoms with Gasteiger partial charge in [-0.2, -0.15) is 0 Å².